The van der Waals surface area contributed by atoms with Gasteiger partial charge >= 0.3 is 9.28 Å². The molecule has 4 heteroatoms. The highest BCUT2D eigenvalue weighted by atomic mass is 28.3. The molecule has 0 heterocycles. The molecule has 9 heavy (non-hydrogen) atoms. The largest absolute Gasteiger partial charge is 0.323 e. The molecule has 0 aromatic rings. The zero-order chi connectivity index (χ0) is 7.44. The summed E-state index contributed by atoms with van der Waals surface area (Å²) < 4.78 is 4.43. The Balaban J connectivity index is 3.68. The number of nitrogens with zero attached hydrogens (tertiary/aromatic N) is 2. The lowest BCUT2D eigenvalue weighted by Gasteiger charge is -2.25. The maximum atomic E-state index is 3.25. The van der Waals surface area contributed by atoms with E-state index in [1.165, 1.54) is 0 Å². The van der Waals surface area contributed by atoms with Gasteiger partial charge in [0, 0.05) is 0 Å². The van der Waals surface area contributed by atoms with E-state index in [1.807, 2.05) is 7.05 Å². The topological polar surface area (TPSA) is 18.5 Å². The van der Waals surface area contributed by atoms with Crippen molar-refractivity contribution in [2.24, 2.45) is 0 Å². The number of hydrogen-bond acceptors (Lipinski definition) is 3. The Labute approximate surface area is 59.5 Å². The Bertz CT molecular complexity index is 66.6. The number of rotatable bonds is 3. The Kier molecular flexibility index (Phi) is 4.04. The summed E-state index contributed by atoms with van der Waals surface area (Å²) in [6, 6.07) is 0. The predicted octanol–water partition coefficient (Wildman–Crippen LogP) is -0.686. The van der Waals surface area contributed by atoms with Crippen molar-refractivity contribution < 1.29 is 0 Å². The minimum Gasteiger partial charge on any atom is -0.315 e. The summed E-state index contributed by atoms with van der Waals surface area (Å²) >= 11 is 0. The molecule has 0 aromatic carbocycles. The van der Waals surface area contributed by atoms with Crippen LogP contribution < -0.4 is 4.98 Å². The van der Waals surface area contributed by atoms with Gasteiger partial charge in [-0.15, -0.1) is 0 Å². The lowest BCUT2D eigenvalue weighted by Crippen LogP contribution is -2.54. The highest BCUT2D eigenvalue weighted by molar-refractivity contribution is 6.49. The van der Waals surface area contributed by atoms with Crippen LogP contribution in [0.1, 0.15) is 0 Å². The van der Waals surface area contributed by atoms with Crippen molar-refractivity contribution >= 4 is 9.28 Å². The van der Waals surface area contributed by atoms with Gasteiger partial charge in [-0.05, 0) is 35.2 Å². The second kappa shape index (κ2) is 4.00. The van der Waals surface area contributed by atoms with Crippen LogP contribution in [0.5, 0.6) is 0 Å². The third-order valence-corrected chi connectivity index (χ3v) is 3.21. The molecule has 1 N–H and O–H groups in total. The Morgan fingerprint density at radius 3 is 1.33 bits per heavy atom. The average molecular weight is 146 g/mol. The first-order valence-corrected chi connectivity index (χ1v) is 4.38. The number of nitrogens with one attached hydrogen (secondary N) is 1. The van der Waals surface area contributed by atoms with Crippen LogP contribution in [-0.4, -0.2) is 53.7 Å². The van der Waals surface area contributed by atoms with Crippen molar-refractivity contribution in [1.29, 1.82) is 0 Å². The normalized spacial score (nSPS) is 12.0. The fourth-order valence-corrected chi connectivity index (χ4v) is 2.54. The molecular weight excluding hydrogens is 130 g/mol. The van der Waals surface area contributed by atoms with Crippen LogP contribution in [0.2, 0.25) is 0 Å². The van der Waals surface area contributed by atoms with Crippen molar-refractivity contribution in [3.63, 3.8) is 0 Å². The van der Waals surface area contributed by atoms with E-state index < -0.39 is 9.28 Å². The molecule has 3 nitrogen and oxygen atoms in total. The van der Waals surface area contributed by atoms with E-state index in [0.717, 1.165) is 0 Å². The third-order valence-electron chi connectivity index (χ3n) is 1.07. The second-order valence-corrected chi connectivity index (χ2v) is 5.30. The monoisotopic (exact) mass is 146 g/mol. The van der Waals surface area contributed by atoms with Crippen molar-refractivity contribution in [2.75, 3.05) is 35.2 Å². The average Bonchev–Trinajstić information content (AvgIpc) is 1.64. The Morgan fingerprint density at radius 2 is 1.33 bits per heavy atom. The molecule has 0 amide bonds. The van der Waals surface area contributed by atoms with Crippen LogP contribution in [0.15, 0.2) is 0 Å². The van der Waals surface area contributed by atoms with Gasteiger partial charge in [-0.2, -0.15) is 0 Å². The van der Waals surface area contributed by atoms with Gasteiger partial charge in [0.05, 0.1) is 0 Å². The van der Waals surface area contributed by atoms with Gasteiger partial charge in [0.15, 0.2) is 0 Å². The molecule has 0 aromatic heterocycles. The van der Waals surface area contributed by atoms with Crippen molar-refractivity contribution in [2.45, 2.75) is 0 Å². The fourth-order valence-electron chi connectivity index (χ4n) is 0.847. The minimum atomic E-state index is -0.601. The van der Waals surface area contributed by atoms with Gasteiger partial charge in [0.2, 0.25) is 0 Å². The van der Waals surface area contributed by atoms with Crippen LogP contribution in [0.25, 0.3) is 0 Å². The molecule has 0 unspecified atom stereocenters. The summed E-state index contributed by atoms with van der Waals surface area (Å²) in [6.45, 7) is 0. The highest BCUT2D eigenvalue weighted by Gasteiger charge is 2.15. The second-order valence-electron chi connectivity index (χ2n) is 2.36. The van der Waals surface area contributed by atoms with E-state index in [9.17, 15) is 0 Å². The molecule has 0 atom stereocenters. The molecule has 0 saturated heterocycles. The van der Waals surface area contributed by atoms with Gasteiger partial charge in [0.25, 0.3) is 0 Å². The van der Waals surface area contributed by atoms with Crippen LogP contribution in [0, 0.1) is 0 Å². The molecule has 0 saturated carbocycles. The van der Waals surface area contributed by atoms with E-state index in [2.05, 4.69) is 42.3 Å². The summed E-state index contributed by atoms with van der Waals surface area (Å²) in [7, 11) is 9.75. The van der Waals surface area contributed by atoms with Crippen LogP contribution >= 0.6 is 0 Å². The molecule has 0 aliphatic carbocycles. The zero-order valence-electron chi connectivity index (χ0n) is 6.89. The van der Waals surface area contributed by atoms with Crippen molar-refractivity contribution in [3.8, 4) is 0 Å². The predicted molar refractivity (Wildman–Crippen MR) is 42.2 cm³/mol. The Morgan fingerprint density at radius 1 is 1.00 bits per heavy atom. The quantitative estimate of drug-likeness (QED) is 0.532. The molecule has 0 aliphatic heterocycles. The standard InChI is InChI=1S/C5H16N3Si/c1-6-9(7(2)3)8(4)5/h6H,1-5H3. The smallest absolute Gasteiger partial charge is 0.315 e. The van der Waals surface area contributed by atoms with Gasteiger partial charge in [-0.3, -0.25) is 0 Å². The highest BCUT2D eigenvalue weighted by Crippen LogP contribution is 1.83. The van der Waals surface area contributed by atoms with Gasteiger partial charge in [-0.1, -0.05) is 0 Å². The fraction of sp³-hybridized carbons (Fsp3) is 1.00. The molecule has 0 rings (SSSR count). The molecule has 0 bridgehead atoms. The minimum absolute atomic E-state index is 0.601. The van der Waals surface area contributed by atoms with E-state index in [1.54, 1.807) is 0 Å². The first-order valence-electron chi connectivity index (χ1n) is 2.99. The van der Waals surface area contributed by atoms with Crippen LogP contribution in [0.3, 0.4) is 0 Å². The SMILES string of the molecule is CN[Si](N(C)C)N(C)C. The van der Waals surface area contributed by atoms with Crippen LogP contribution in [-0.2, 0) is 0 Å². The van der Waals surface area contributed by atoms with Crippen molar-refractivity contribution in [1.82, 2.24) is 14.1 Å². The van der Waals surface area contributed by atoms with E-state index in [0.29, 0.717) is 0 Å². The lowest BCUT2D eigenvalue weighted by molar-refractivity contribution is 0.501. The summed E-state index contributed by atoms with van der Waals surface area (Å²) in [5, 5.41) is 0. The molecular formula is C5H16N3Si. The van der Waals surface area contributed by atoms with Gasteiger partial charge in [-0.25, -0.2) is 0 Å². The first-order chi connectivity index (χ1) is 4.09. The summed E-state index contributed by atoms with van der Waals surface area (Å²) in [5.74, 6) is 0. The van der Waals surface area contributed by atoms with E-state index >= 15 is 0 Å². The third kappa shape index (κ3) is 2.95. The van der Waals surface area contributed by atoms with E-state index in [4.69, 9.17) is 0 Å². The number of hydrogen-bond donors (Lipinski definition) is 1. The first kappa shape index (κ1) is 9.10. The lowest BCUT2D eigenvalue weighted by atomic mass is 11.3. The molecule has 0 spiro atoms. The van der Waals surface area contributed by atoms with Gasteiger partial charge < -0.3 is 14.1 Å². The van der Waals surface area contributed by atoms with Gasteiger partial charge in [0.1, 0.15) is 0 Å². The molecule has 0 fully saturated rings. The van der Waals surface area contributed by atoms with E-state index in [-0.39, 0.29) is 0 Å². The van der Waals surface area contributed by atoms with Crippen LogP contribution in [0.4, 0.5) is 0 Å². The molecule has 0 aliphatic rings. The van der Waals surface area contributed by atoms with Crippen molar-refractivity contribution in [3.05, 3.63) is 0 Å². The summed E-state index contributed by atoms with van der Waals surface area (Å²) in [5.41, 5.74) is 0. The molecule has 1 radical (unpaired) electrons. The summed E-state index contributed by atoms with van der Waals surface area (Å²) in [4.78, 5) is 3.25. The molecule has 55 valence electrons. The zero-order valence-corrected chi connectivity index (χ0v) is 7.89. The maximum Gasteiger partial charge on any atom is 0.323 e. The summed E-state index contributed by atoms with van der Waals surface area (Å²) in [6.07, 6.45) is 0. The maximum absolute atomic E-state index is 3.25. The Hall–Kier alpha value is 0.0969.